The van der Waals surface area contributed by atoms with Crippen LogP contribution in [0.5, 0.6) is 0 Å². The van der Waals surface area contributed by atoms with E-state index >= 15 is 0 Å². The van der Waals surface area contributed by atoms with E-state index in [2.05, 4.69) is 10.6 Å². The van der Waals surface area contributed by atoms with Crippen LogP contribution in [0, 0.1) is 6.92 Å². The average Bonchev–Trinajstić information content (AvgIpc) is 2.62. The maximum absolute atomic E-state index is 12.3. The predicted molar refractivity (Wildman–Crippen MR) is 107 cm³/mol. The van der Waals surface area contributed by atoms with E-state index in [1.807, 2.05) is 37.3 Å². The number of hydrogen-bond donors (Lipinski definition) is 3. The number of carboxylic acid groups (broad SMARTS) is 1. The van der Waals surface area contributed by atoms with Gasteiger partial charge in [-0.3, -0.25) is 9.59 Å². The number of carbonyl (C=O) groups is 3. The maximum Gasteiger partial charge on any atom is 0.328 e. The molecule has 1 unspecified atom stereocenters. The molecular formula is C20H20N2O4S. The molecule has 0 aromatic heterocycles. The largest absolute Gasteiger partial charge is 0.478 e. The Balaban J connectivity index is 1.96. The molecule has 2 aromatic rings. The number of anilines is 2. The number of aliphatic carboxylic acids is 1. The van der Waals surface area contributed by atoms with Gasteiger partial charge in [0.05, 0.1) is 5.25 Å². The summed E-state index contributed by atoms with van der Waals surface area (Å²) < 4.78 is 0. The highest BCUT2D eigenvalue weighted by Gasteiger charge is 2.15. The van der Waals surface area contributed by atoms with Crippen LogP contribution in [-0.2, 0) is 14.4 Å². The van der Waals surface area contributed by atoms with Gasteiger partial charge in [0, 0.05) is 28.4 Å². The van der Waals surface area contributed by atoms with Gasteiger partial charge in [-0.25, -0.2) is 4.79 Å². The number of thioether (sulfide) groups is 1. The molecular weight excluding hydrogens is 364 g/mol. The van der Waals surface area contributed by atoms with E-state index in [9.17, 15) is 14.4 Å². The van der Waals surface area contributed by atoms with Crippen molar-refractivity contribution in [1.82, 2.24) is 0 Å². The van der Waals surface area contributed by atoms with Crippen LogP contribution in [0.1, 0.15) is 12.5 Å². The molecule has 0 heterocycles. The van der Waals surface area contributed by atoms with Crippen LogP contribution < -0.4 is 10.6 Å². The molecule has 0 saturated carbocycles. The molecule has 0 aliphatic carbocycles. The lowest BCUT2D eigenvalue weighted by atomic mass is 10.2. The summed E-state index contributed by atoms with van der Waals surface area (Å²) in [5, 5.41) is 13.6. The second kappa shape index (κ2) is 9.59. The van der Waals surface area contributed by atoms with E-state index in [0.29, 0.717) is 5.69 Å². The summed E-state index contributed by atoms with van der Waals surface area (Å²) in [6.07, 6.45) is 1.71. The number of aryl methyl sites for hydroxylation is 1. The molecule has 0 aliphatic heterocycles. The number of hydrogen-bond acceptors (Lipinski definition) is 4. The van der Waals surface area contributed by atoms with Crippen molar-refractivity contribution in [2.24, 2.45) is 0 Å². The molecule has 0 saturated heterocycles. The predicted octanol–water partition coefficient (Wildman–Crippen LogP) is 3.69. The Hall–Kier alpha value is -3.06. The zero-order valence-electron chi connectivity index (χ0n) is 14.9. The normalized spacial score (nSPS) is 11.8. The number of nitrogens with one attached hydrogen (secondary N) is 2. The quantitative estimate of drug-likeness (QED) is 0.500. The Labute approximate surface area is 161 Å². The van der Waals surface area contributed by atoms with Crippen LogP contribution in [0.3, 0.4) is 0 Å². The fraction of sp³-hybridized carbons (Fsp3) is 0.150. The van der Waals surface area contributed by atoms with Gasteiger partial charge in [-0.15, -0.1) is 11.8 Å². The van der Waals surface area contributed by atoms with Crippen molar-refractivity contribution in [3.8, 4) is 0 Å². The fourth-order valence-electron chi connectivity index (χ4n) is 2.12. The number of amides is 2. The molecule has 2 aromatic carbocycles. The molecule has 6 nitrogen and oxygen atoms in total. The van der Waals surface area contributed by atoms with E-state index in [-0.39, 0.29) is 11.2 Å². The summed E-state index contributed by atoms with van der Waals surface area (Å²) in [4.78, 5) is 35.2. The smallest absolute Gasteiger partial charge is 0.328 e. The summed E-state index contributed by atoms with van der Waals surface area (Å²) in [6, 6.07) is 14.6. The van der Waals surface area contributed by atoms with E-state index in [0.717, 1.165) is 28.3 Å². The van der Waals surface area contributed by atoms with Crippen LogP contribution in [0.2, 0.25) is 0 Å². The van der Waals surface area contributed by atoms with E-state index < -0.39 is 11.9 Å². The minimum atomic E-state index is -1.19. The zero-order chi connectivity index (χ0) is 19.8. The van der Waals surface area contributed by atoms with Gasteiger partial charge < -0.3 is 15.7 Å². The number of rotatable bonds is 7. The molecule has 2 rings (SSSR count). The first kappa shape index (κ1) is 20.3. The van der Waals surface area contributed by atoms with Crippen molar-refractivity contribution in [1.29, 1.82) is 0 Å². The maximum atomic E-state index is 12.3. The first-order valence-corrected chi connectivity index (χ1v) is 9.07. The Morgan fingerprint density at radius 2 is 1.70 bits per heavy atom. The standard InChI is InChI=1S/C20H20N2O4S/c1-13-6-8-15(9-7-13)22-20(26)14(2)27-17-5-3-4-16(12-17)21-18(23)10-11-19(24)25/h3-12,14H,1-2H3,(H,21,23)(H,22,26)(H,24,25)/b11-10+. The summed E-state index contributed by atoms with van der Waals surface area (Å²) in [7, 11) is 0. The van der Waals surface area contributed by atoms with Crippen LogP contribution in [-0.4, -0.2) is 28.1 Å². The van der Waals surface area contributed by atoms with Crippen molar-refractivity contribution >= 4 is 40.9 Å². The highest BCUT2D eigenvalue weighted by molar-refractivity contribution is 8.00. The van der Waals surface area contributed by atoms with Gasteiger partial charge in [0.15, 0.2) is 0 Å². The van der Waals surface area contributed by atoms with Crippen molar-refractivity contribution in [3.63, 3.8) is 0 Å². The van der Waals surface area contributed by atoms with Gasteiger partial charge in [-0.1, -0.05) is 23.8 Å². The van der Waals surface area contributed by atoms with Crippen LogP contribution >= 0.6 is 11.8 Å². The Morgan fingerprint density at radius 3 is 2.37 bits per heavy atom. The summed E-state index contributed by atoms with van der Waals surface area (Å²) in [5.41, 5.74) is 2.38. The minimum Gasteiger partial charge on any atom is -0.478 e. The third-order valence-corrected chi connectivity index (χ3v) is 4.57. The number of carbonyl (C=O) groups excluding carboxylic acids is 2. The molecule has 0 spiro atoms. The van der Waals surface area contributed by atoms with Crippen molar-refractivity contribution in [3.05, 3.63) is 66.2 Å². The Kier molecular flexibility index (Phi) is 7.19. The van der Waals surface area contributed by atoms with E-state index in [1.54, 1.807) is 25.1 Å². The average molecular weight is 384 g/mol. The van der Waals surface area contributed by atoms with Gasteiger partial charge >= 0.3 is 5.97 Å². The first-order valence-electron chi connectivity index (χ1n) is 8.20. The molecule has 0 bridgehead atoms. The van der Waals surface area contributed by atoms with Gasteiger partial charge in [0.1, 0.15) is 0 Å². The van der Waals surface area contributed by atoms with Crippen molar-refractivity contribution < 1.29 is 19.5 Å². The minimum absolute atomic E-state index is 0.123. The molecule has 7 heteroatoms. The SMILES string of the molecule is Cc1ccc(NC(=O)C(C)Sc2cccc(NC(=O)/C=C/C(=O)O)c2)cc1. The molecule has 140 valence electrons. The van der Waals surface area contributed by atoms with Gasteiger partial charge in [-0.05, 0) is 44.2 Å². The monoisotopic (exact) mass is 384 g/mol. The second-order valence-corrected chi connectivity index (χ2v) is 7.22. The van der Waals surface area contributed by atoms with Gasteiger partial charge in [0.25, 0.3) is 0 Å². The lowest BCUT2D eigenvalue weighted by Gasteiger charge is -2.13. The van der Waals surface area contributed by atoms with E-state index in [1.165, 1.54) is 11.8 Å². The molecule has 2 amide bonds. The summed E-state index contributed by atoms with van der Waals surface area (Å²) in [6.45, 7) is 3.78. The Bertz CT molecular complexity index is 863. The lowest BCUT2D eigenvalue weighted by molar-refractivity contribution is -0.131. The topological polar surface area (TPSA) is 95.5 Å². The third-order valence-electron chi connectivity index (χ3n) is 3.48. The lowest BCUT2D eigenvalue weighted by Crippen LogP contribution is -2.22. The molecule has 0 fully saturated rings. The molecule has 0 radical (unpaired) electrons. The molecule has 0 aliphatic rings. The molecule has 27 heavy (non-hydrogen) atoms. The third kappa shape index (κ3) is 6.99. The molecule has 3 N–H and O–H groups in total. The summed E-state index contributed by atoms with van der Waals surface area (Å²) in [5.74, 6) is -1.85. The fourth-order valence-corrected chi connectivity index (χ4v) is 3.04. The van der Waals surface area contributed by atoms with Crippen LogP contribution in [0.15, 0.2) is 65.6 Å². The van der Waals surface area contributed by atoms with Crippen molar-refractivity contribution in [2.75, 3.05) is 10.6 Å². The first-order chi connectivity index (χ1) is 12.8. The number of carboxylic acids is 1. The van der Waals surface area contributed by atoms with Crippen LogP contribution in [0.4, 0.5) is 11.4 Å². The highest BCUT2D eigenvalue weighted by atomic mass is 32.2. The Morgan fingerprint density at radius 1 is 1.00 bits per heavy atom. The second-order valence-electron chi connectivity index (χ2n) is 5.80. The highest BCUT2D eigenvalue weighted by Crippen LogP contribution is 2.26. The van der Waals surface area contributed by atoms with Crippen molar-refractivity contribution in [2.45, 2.75) is 24.0 Å². The zero-order valence-corrected chi connectivity index (χ0v) is 15.7. The number of benzene rings is 2. The van der Waals surface area contributed by atoms with Crippen LogP contribution in [0.25, 0.3) is 0 Å². The van der Waals surface area contributed by atoms with Gasteiger partial charge in [-0.2, -0.15) is 0 Å². The molecule has 1 atom stereocenters. The van der Waals surface area contributed by atoms with Gasteiger partial charge in [0.2, 0.25) is 11.8 Å². The summed E-state index contributed by atoms with van der Waals surface area (Å²) >= 11 is 1.36. The van der Waals surface area contributed by atoms with E-state index in [4.69, 9.17) is 5.11 Å².